The molecule has 1 aliphatic heterocycles. The van der Waals surface area contributed by atoms with Gasteiger partial charge in [0.25, 0.3) is 0 Å². The van der Waals surface area contributed by atoms with Crippen molar-refractivity contribution in [3.05, 3.63) is 78.4 Å². The predicted octanol–water partition coefficient (Wildman–Crippen LogP) is 5.89. The smallest absolute Gasteiger partial charge is 0.161 e. The first kappa shape index (κ1) is 23.5. The number of likely N-dealkylation sites (tertiary alicyclic amines) is 1. The van der Waals surface area contributed by atoms with Gasteiger partial charge >= 0.3 is 0 Å². The number of fused-ring (bicyclic) bond motifs is 2. The van der Waals surface area contributed by atoms with Crippen LogP contribution in [-0.2, 0) is 6.54 Å². The van der Waals surface area contributed by atoms with Crippen LogP contribution in [0.3, 0.4) is 0 Å². The molecule has 1 fully saturated rings. The van der Waals surface area contributed by atoms with E-state index in [1.807, 2.05) is 12.3 Å². The van der Waals surface area contributed by atoms with Crippen molar-refractivity contribution in [1.82, 2.24) is 40.0 Å². The van der Waals surface area contributed by atoms with Crippen LogP contribution in [0.15, 0.2) is 61.2 Å². The van der Waals surface area contributed by atoms with Crippen molar-refractivity contribution in [2.24, 2.45) is 0 Å². The topological polar surface area (TPSA) is 99.3 Å². The molecule has 0 saturated carbocycles. The number of halogens is 2. The van der Waals surface area contributed by atoms with Gasteiger partial charge in [0.15, 0.2) is 11.6 Å². The minimum absolute atomic E-state index is 0.211. The Kier molecular flexibility index (Phi) is 5.81. The van der Waals surface area contributed by atoms with E-state index in [-0.39, 0.29) is 16.9 Å². The molecule has 0 aliphatic carbocycles. The number of hydrogen-bond donors (Lipinski definition) is 2. The molecule has 0 spiro atoms. The van der Waals surface area contributed by atoms with Gasteiger partial charge in [0.2, 0.25) is 0 Å². The SMILES string of the molecule is Fc1ccc(-c2nccc3[nH]c(-c4n[nH]c5cnc(-c6cncc(CN7CCCCC7)c6)c(F)c45)nc23)cc1. The second-order valence-corrected chi connectivity index (χ2v) is 9.85. The van der Waals surface area contributed by atoms with Crippen molar-refractivity contribution < 1.29 is 8.78 Å². The number of H-pyrrole nitrogens is 2. The van der Waals surface area contributed by atoms with Crippen LogP contribution in [0, 0.1) is 11.6 Å². The summed E-state index contributed by atoms with van der Waals surface area (Å²) in [5, 5.41) is 7.54. The van der Waals surface area contributed by atoms with Crippen molar-refractivity contribution in [3.8, 4) is 34.0 Å². The van der Waals surface area contributed by atoms with Crippen molar-refractivity contribution in [2.45, 2.75) is 25.8 Å². The third-order valence-corrected chi connectivity index (χ3v) is 7.21. The normalized spacial score (nSPS) is 14.4. The van der Waals surface area contributed by atoms with Crippen molar-refractivity contribution >= 4 is 21.9 Å². The minimum atomic E-state index is -0.495. The van der Waals surface area contributed by atoms with E-state index in [2.05, 4.69) is 35.0 Å². The number of rotatable bonds is 5. The van der Waals surface area contributed by atoms with Gasteiger partial charge in [0, 0.05) is 36.3 Å². The van der Waals surface area contributed by atoms with Gasteiger partial charge in [-0.25, -0.2) is 13.8 Å². The maximum Gasteiger partial charge on any atom is 0.161 e. The molecule has 0 amide bonds. The highest BCUT2D eigenvalue weighted by Crippen LogP contribution is 2.34. The lowest BCUT2D eigenvalue weighted by Gasteiger charge is -2.26. The van der Waals surface area contributed by atoms with E-state index in [9.17, 15) is 4.39 Å². The Balaban J connectivity index is 1.29. The fourth-order valence-corrected chi connectivity index (χ4v) is 5.29. The Labute approximate surface area is 222 Å². The highest BCUT2D eigenvalue weighted by atomic mass is 19.1. The zero-order valence-electron chi connectivity index (χ0n) is 21.0. The molecule has 1 aromatic carbocycles. The number of hydrogen-bond acceptors (Lipinski definition) is 6. The molecule has 5 aromatic heterocycles. The summed E-state index contributed by atoms with van der Waals surface area (Å²) in [5.74, 6) is -0.435. The molecule has 2 N–H and O–H groups in total. The summed E-state index contributed by atoms with van der Waals surface area (Å²) in [4.78, 5) is 23.6. The predicted molar refractivity (Wildman–Crippen MR) is 144 cm³/mol. The number of nitrogens with one attached hydrogen (secondary N) is 2. The van der Waals surface area contributed by atoms with Gasteiger partial charge in [0.1, 0.15) is 22.7 Å². The summed E-state index contributed by atoms with van der Waals surface area (Å²) in [6.45, 7) is 2.92. The van der Waals surface area contributed by atoms with E-state index >= 15 is 4.39 Å². The first-order chi connectivity index (χ1) is 19.1. The molecule has 7 rings (SSSR count). The van der Waals surface area contributed by atoms with E-state index in [0.717, 1.165) is 30.8 Å². The van der Waals surface area contributed by atoms with E-state index in [4.69, 9.17) is 4.98 Å². The number of pyridine rings is 3. The van der Waals surface area contributed by atoms with Gasteiger partial charge in [-0.05, 0) is 67.9 Å². The van der Waals surface area contributed by atoms with Crippen LogP contribution in [0.25, 0.3) is 56.0 Å². The summed E-state index contributed by atoms with van der Waals surface area (Å²) >= 11 is 0. The summed E-state index contributed by atoms with van der Waals surface area (Å²) in [5.41, 5.74) is 5.26. The van der Waals surface area contributed by atoms with Gasteiger partial charge in [-0.1, -0.05) is 6.42 Å². The molecule has 1 aliphatic rings. The summed E-state index contributed by atoms with van der Waals surface area (Å²) in [6.07, 6.45) is 10.4. The van der Waals surface area contributed by atoms with Crippen LogP contribution in [0.2, 0.25) is 0 Å². The zero-order chi connectivity index (χ0) is 26.3. The first-order valence-corrected chi connectivity index (χ1v) is 12.9. The monoisotopic (exact) mass is 522 g/mol. The maximum absolute atomic E-state index is 16.1. The molecule has 0 unspecified atom stereocenters. The van der Waals surface area contributed by atoms with Gasteiger partial charge in [-0.3, -0.25) is 25.0 Å². The van der Waals surface area contributed by atoms with Crippen molar-refractivity contribution in [3.63, 3.8) is 0 Å². The second kappa shape index (κ2) is 9.63. The van der Waals surface area contributed by atoms with Crippen molar-refractivity contribution in [1.29, 1.82) is 0 Å². The molecular weight excluding hydrogens is 498 g/mol. The van der Waals surface area contributed by atoms with E-state index < -0.39 is 5.82 Å². The molecule has 1 saturated heterocycles. The molecule has 39 heavy (non-hydrogen) atoms. The Morgan fingerprint density at radius 3 is 2.51 bits per heavy atom. The van der Waals surface area contributed by atoms with E-state index in [1.165, 1.54) is 31.4 Å². The lowest BCUT2D eigenvalue weighted by atomic mass is 10.1. The third-order valence-electron chi connectivity index (χ3n) is 7.21. The Morgan fingerprint density at radius 1 is 0.821 bits per heavy atom. The largest absolute Gasteiger partial charge is 0.336 e. The second-order valence-electron chi connectivity index (χ2n) is 9.85. The number of nitrogens with zero attached hydrogens (tertiary/aromatic N) is 6. The molecule has 6 aromatic rings. The first-order valence-electron chi connectivity index (χ1n) is 12.9. The standard InChI is InChI=1S/C29H24F2N8/c30-20-6-4-18(5-7-20)26-27-21(8-9-33-26)35-29(36-27)28-23-22(37-38-28)15-34-25(24(23)31)19-12-17(13-32-14-19)16-39-10-2-1-3-11-39/h4-9,12-15H,1-3,10-11,16H2,(H,35,36)(H,37,38). The van der Waals surface area contributed by atoms with Crippen LogP contribution >= 0.6 is 0 Å². The van der Waals surface area contributed by atoms with E-state index in [0.29, 0.717) is 39.3 Å². The van der Waals surface area contributed by atoms with Crippen molar-refractivity contribution in [2.75, 3.05) is 13.1 Å². The number of imidazole rings is 1. The third kappa shape index (κ3) is 4.32. The van der Waals surface area contributed by atoms with Gasteiger partial charge in [0.05, 0.1) is 28.3 Å². The minimum Gasteiger partial charge on any atom is -0.336 e. The molecular formula is C29H24F2N8. The van der Waals surface area contributed by atoms with Gasteiger partial charge in [-0.2, -0.15) is 5.10 Å². The quantitative estimate of drug-likeness (QED) is 0.293. The van der Waals surface area contributed by atoms with Crippen LogP contribution in [-0.4, -0.2) is 53.1 Å². The van der Waals surface area contributed by atoms with Crippen LogP contribution in [0.4, 0.5) is 8.78 Å². The van der Waals surface area contributed by atoms with Crippen LogP contribution in [0.5, 0.6) is 0 Å². The Morgan fingerprint density at radius 2 is 1.67 bits per heavy atom. The molecule has 0 atom stereocenters. The lowest BCUT2D eigenvalue weighted by molar-refractivity contribution is 0.220. The van der Waals surface area contributed by atoms with Crippen LogP contribution < -0.4 is 0 Å². The molecule has 10 heteroatoms. The molecule has 0 bridgehead atoms. The van der Waals surface area contributed by atoms with Crippen LogP contribution in [0.1, 0.15) is 24.8 Å². The summed E-state index contributed by atoms with van der Waals surface area (Å²) in [7, 11) is 0. The molecule has 6 heterocycles. The molecule has 194 valence electrons. The summed E-state index contributed by atoms with van der Waals surface area (Å²) < 4.78 is 29.6. The number of benzene rings is 1. The summed E-state index contributed by atoms with van der Waals surface area (Å²) in [6, 6.07) is 9.81. The van der Waals surface area contributed by atoms with Gasteiger partial charge in [-0.15, -0.1) is 0 Å². The number of piperidine rings is 1. The van der Waals surface area contributed by atoms with E-state index in [1.54, 1.807) is 36.8 Å². The number of aromatic nitrogens is 7. The highest BCUT2D eigenvalue weighted by Gasteiger charge is 2.22. The van der Waals surface area contributed by atoms with Gasteiger partial charge < -0.3 is 4.98 Å². The fourth-order valence-electron chi connectivity index (χ4n) is 5.29. The molecule has 0 radical (unpaired) electrons. The number of aromatic amines is 2. The molecule has 8 nitrogen and oxygen atoms in total. The lowest BCUT2D eigenvalue weighted by Crippen LogP contribution is -2.29. The zero-order valence-corrected chi connectivity index (χ0v) is 21.0. The average Bonchev–Trinajstić information content (AvgIpc) is 3.59. The maximum atomic E-state index is 16.1. The Hall–Kier alpha value is -4.57. The Bertz CT molecular complexity index is 1800. The average molecular weight is 523 g/mol. The fraction of sp³-hybridized carbons (Fsp3) is 0.207. The highest BCUT2D eigenvalue weighted by molar-refractivity contribution is 5.97.